The summed E-state index contributed by atoms with van der Waals surface area (Å²) in [5.74, 6) is 0.122. The number of nitrogens with one attached hydrogen (secondary N) is 1. The highest BCUT2D eigenvalue weighted by atomic mass is 16.5. The highest BCUT2D eigenvalue weighted by Gasteiger charge is 2.44. The summed E-state index contributed by atoms with van der Waals surface area (Å²) in [4.78, 5) is 11.9. The topological polar surface area (TPSA) is 84.6 Å². The molecule has 0 aromatic rings. The molecule has 0 radical (unpaired) electrons. The van der Waals surface area contributed by atoms with Gasteiger partial charge in [-0.15, -0.1) is 0 Å². The van der Waals surface area contributed by atoms with Crippen LogP contribution >= 0.6 is 0 Å². The lowest BCUT2D eigenvalue weighted by molar-refractivity contribution is -0.127. The van der Waals surface area contributed by atoms with E-state index in [-0.39, 0.29) is 19.1 Å². The number of carbonyl (C=O) groups excluding carboxylic acids is 1. The van der Waals surface area contributed by atoms with Gasteiger partial charge in [-0.2, -0.15) is 0 Å². The summed E-state index contributed by atoms with van der Waals surface area (Å²) in [5, 5.41) is 12.7. The van der Waals surface area contributed by atoms with Gasteiger partial charge < -0.3 is 20.9 Å². The third kappa shape index (κ3) is 2.36. The first-order valence-electron chi connectivity index (χ1n) is 5.81. The third-order valence-corrected chi connectivity index (χ3v) is 3.58. The van der Waals surface area contributed by atoms with Crippen molar-refractivity contribution in [1.29, 1.82) is 0 Å². The summed E-state index contributed by atoms with van der Waals surface area (Å²) in [6, 6.07) is 0. The number of ether oxygens (including phenoxy) is 1. The van der Waals surface area contributed by atoms with Crippen LogP contribution in [0.3, 0.4) is 0 Å². The molecule has 0 aromatic heterocycles. The fraction of sp³-hybridized carbons (Fsp3) is 0.909. The quantitative estimate of drug-likeness (QED) is 0.599. The van der Waals surface area contributed by atoms with Crippen LogP contribution in [0.5, 0.6) is 0 Å². The average molecular weight is 228 g/mol. The van der Waals surface area contributed by atoms with Gasteiger partial charge in [0.15, 0.2) is 0 Å². The summed E-state index contributed by atoms with van der Waals surface area (Å²) in [6.07, 6.45) is 2.61. The third-order valence-electron chi connectivity index (χ3n) is 3.58. The standard InChI is InChI=1S/C11H20N2O3/c1-10(12,8-2-3-8)9(14)13-6-11(15)4-5-16-7-11/h8,15H,2-7,12H2,1H3,(H,13,14). The molecule has 0 aromatic carbocycles. The van der Waals surface area contributed by atoms with Gasteiger partial charge in [-0.3, -0.25) is 4.79 Å². The highest BCUT2D eigenvalue weighted by Crippen LogP contribution is 2.38. The first kappa shape index (κ1) is 11.8. The van der Waals surface area contributed by atoms with Crippen LogP contribution in [0.15, 0.2) is 0 Å². The van der Waals surface area contributed by atoms with Crippen LogP contribution in [0.25, 0.3) is 0 Å². The lowest BCUT2D eigenvalue weighted by Gasteiger charge is -2.26. The Morgan fingerprint density at radius 2 is 2.38 bits per heavy atom. The SMILES string of the molecule is CC(N)(C(=O)NCC1(O)CCOC1)C1CC1. The van der Waals surface area contributed by atoms with Crippen molar-refractivity contribution in [2.45, 2.75) is 37.3 Å². The van der Waals surface area contributed by atoms with E-state index in [0.29, 0.717) is 18.9 Å². The van der Waals surface area contributed by atoms with Crippen LogP contribution in [-0.2, 0) is 9.53 Å². The van der Waals surface area contributed by atoms with Crippen molar-refractivity contribution < 1.29 is 14.6 Å². The van der Waals surface area contributed by atoms with E-state index in [4.69, 9.17) is 10.5 Å². The van der Waals surface area contributed by atoms with Gasteiger partial charge in [0, 0.05) is 19.6 Å². The number of rotatable bonds is 4. The van der Waals surface area contributed by atoms with E-state index in [2.05, 4.69) is 5.32 Å². The molecule has 2 rings (SSSR count). The highest BCUT2D eigenvalue weighted by molar-refractivity contribution is 5.86. The second kappa shape index (κ2) is 3.98. The number of aliphatic hydroxyl groups is 1. The fourth-order valence-electron chi connectivity index (χ4n) is 2.04. The van der Waals surface area contributed by atoms with Gasteiger partial charge in [-0.1, -0.05) is 0 Å². The van der Waals surface area contributed by atoms with Crippen LogP contribution in [0.1, 0.15) is 26.2 Å². The normalized spacial score (nSPS) is 33.4. The maximum Gasteiger partial charge on any atom is 0.240 e. The Kier molecular flexibility index (Phi) is 2.94. The molecule has 1 saturated carbocycles. The molecule has 1 amide bonds. The van der Waals surface area contributed by atoms with E-state index in [9.17, 15) is 9.90 Å². The van der Waals surface area contributed by atoms with Crippen molar-refractivity contribution in [3.63, 3.8) is 0 Å². The van der Waals surface area contributed by atoms with E-state index >= 15 is 0 Å². The summed E-state index contributed by atoms with van der Waals surface area (Å²) >= 11 is 0. The Balaban J connectivity index is 1.83. The molecule has 2 fully saturated rings. The predicted molar refractivity (Wildman–Crippen MR) is 58.7 cm³/mol. The number of nitrogens with two attached hydrogens (primary N) is 1. The van der Waals surface area contributed by atoms with Crippen LogP contribution in [0, 0.1) is 5.92 Å². The van der Waals surface area contributed by atoms with E-state index in [0.717, 1.165) is 12.8 Å². The van der Waals surface area contributed by atoms with Crippen LogP contribution in [-0.4, -0.2) is 41.9 Å². The Morgan fingerprint density at radius 3 is 2.88 bits per heavy atom. The van der Waals surface area contributed by atoms with Gasteiger partial charge in [0.05, 0.1) is 12.1 Å². The Labute approximate surface area is 95.3 Å². The summed E-state index contributed by atoms with van der Waals surface area (Å²) in [5.41, 5.74) is 4.27. The lowest BCUT2D eigenvalue weighted by atomic mass is 9.95. The monoisotopic (exact) mass is 228 g/mol. The number of amides is 1. The van der Waals surface area contributed by atoms with E-state index in [1.807, 2.05) is 0 Å². The largest absolute Gasteiger partial charge is 0.386 e. The molecular weight excluding hydrogens is 208 g/mol. The van der Waals surface area contributed by atoms with E-state index in [1.165, 1.54) is 0 Å². The molecule has 0 bridgehead atoms. The number of hydrogen-bond donors (Lipinski definition) is 3. The number of hydrogen-bond acceptors (Lipinski definition) is 4. The van der Waals surface area contributed by atoms with Gasteiger partial charge in [-0.05, 0) is 25.7 Å². The summed E-state index contributed by atoms with van der Waals surface area (Å²) < 4.78 is 5.11. The minimum atomic E-state index is -0.907. The van der Waals surface area contributed by atoms with Gasteiger partial charge >= 0.3 is 0 Å². The number of carbonyl (C=O) groups is 1. The molecule has 2 atom stereocenters. The van der Waals surface area contributed by atoms with Crippen molar-refractivity contribution in [3.05, 3.63) is 0 Å². The summed E-state index contributed by atoms with van der Waals surface area (Å²) in [6.45, 7) is 2.83. The minimum Gasteiger partial charge on any atom is -0.386 e. The second-order valence-corrected chi connectivity index (χ2v) is 5.27. The Hall–Kier alpha value is -0.650. The maximum atomic E-state index is 11.9. The van der Waals surface area contributed by atoms with Crippen LogP contribution in [0.4, 0.5) is 0 Å². The molecule has 5 heteroatoms. The molecule has 4 N–H and O–H groups in total. The fourth-order valence-corrected chi connectivity index (χ4v) is 2.04. The van der Waals surface area contributed by atoms with Crippen molar-refractivity contribution in [1.82, 2.24) is 5.32 Å². The zero-order chi connectivity index (χ0) is 11.8. The van der Waals surface area contributed by atoms with E-state index in [1.54, 1.807) is 6.92 Å². The minimum absolute atomic E-state index is 0.171. The van der Waals surface area contributed by atoms with Crippen molar-refractivity contribution in [2.75, 3.05) is 19.8 Å². The summed E-state index contributed by atoms with van der Waals surface area (Å²) in [7, 11) is 0. The first-order valence-corrected chi connectivity index (χ1v) is 5.81. The molecule has 2 unspecified atom stereocenters. The Morgan fingerprint density at radius 1 is 1.69 bits per heavy atom. The molecule has 1 heterocycles. The van der Waals surface area contributed by atoms with Gasteiger partial charge in [0.1, 0.15) is 5.60 Å². The molecule has 1 aliphatic heterocycles. The maximum absolute atomic E-state index is 11.9. The van der Waals surface area contributed by atoms with Gasteiger partial charge in [-0.25, -0.2) is 0 Å². The molecular formula is C11H20N2O3. The zero-order valence-electron chi connectivity index (χ0n) is 9.66. The van der Waals surface area contributed by atoms with Crippen molar-refractivity contribution >= 4 is 5.91 Å². The van der Waals surface area contributed by atoms with Gasteiger partial charge in [0.2, 0.25) is 5.91 Å². The van der Waals surface area contributed by atoms with Crippen LogP contribution in [0.2, 0.25) is 0 Å². The molecule has 92 valence electrons. The van der Waals surface area contributed by atoms with Crippen molar-refractivity contribution in [3.8, 4) is 0 Å². The predicted octanol–water partition coefficient (Wildman–Crippen LogP) is -0.619. The van der Waals surface area contributed by atoms with E-state index < -0.39 is 11.1 Å². The molecule has 5 nitrogen and oxygen atoms in total. The zero-order valence-corrected chi connectivity index (χ0v) is 9.66. The molecule has 2 aliphatic rings. The average Bonchev–Trinajstić information content (AvgIpc) is 3.00. The molecule has 16 heavy (non-hydrogen) atoms. The first-order chi connectivity index (χ1) is 7.44. The van der Waals surface area contributed by atoms with Gasteiger partial charge in [0.25, 0.3) is 0 Å². The molecule has 0 spiro atoms. The smallest absolute Gasteiger partial charge is 0.240 e. The van der Waals surface area contributed by atoms with Crippen molar-refractivity contribution in [2.24, 2.45) is 11.7 Å². The Bertz CT molecular complexity index is 281. The second-order valence-electron chi connectivity index (χ2n) is 5.27. The molecule has 1 saturated heterocycles. The molecule has 1 aliphatic carbocycles. The van der Waals surface area contributed by atoms with Crippen LogP contribution < -0.4 is 11.1 Å². The lowest BCUT2D eigenvalue weighted by Crippen LogP contribution is -2.56.